The Labute approximate surface area is 235 Å². The predicted molar refractivity (Wildman–Crippen MR) is 160 cm³/mol. The van der Waals surface area contributed by atoms with E-state index in [9.17, 15) is 0 Å². The van der Waals surface area contributed by atoms with Gasteiger partial charge in [0.15, 0.2) is 0 Å². The van der Waals surface area contributed by atoms with Crippen LogP contribution in [0.3, 0.4) is 0 Å². The molecule has 2 heterocycles. The minimum atomic E-state index is 0.0498. The van der Waals surface area contributed by atoms with E-state index >= 15 is 0 Å². The summed E-state index contributed by atoms with van der Waals surface area (Å²) in [5.74, 6) is 0.854. The summed E-state index contributed by atoms with van der Waals surface area (Å²) in [5, 5.41) is 10.2. The minimum Gasteiger partial charge on any atom is -0.489 e. The molecule has 0 saturated carbocycles. The van der Waals surface area contributed by atoms with E-state index in [2.05, 4.69) is 106 Å². The van der Waals surface area contributed by atoms with Crippen LogP contribution in [0.5, 0.6) is 5.75 Å². The second kappa shape index (κ2) is 10.9. The molecule has 4 nitrogen and oxygen atoms in total. The molecule has 1 atom stereocenters. The zero-order valence-corrected chi connectivity index (χ0v) is 23.3. The first kappa shape index (κ1) is 24.6. The summed E-state index contributed by atoms with van der Waals surface area (Å²) in [5.41, 5.74) is 7.84. The van der Waals surface area contributed by atoms with Gasteiger partial charge in [0.25, 0.3) is 0 Å². The number of aromatic nitrogens is 1. The van der Waals surface area contributed by atoms with Crippen molar-refractivity contribution in [3.05, 3.63) is 135 Å². The molecule has 6 heteroatoms. The average molecular weight is 581 g/mol. The van der Waals surface area contributed by atoms with E-state index in [4.69, 9.17) is 14.8 Å². The quantitative estimate of drug-likeness (QED) is 0.193. The highest BCUT2D eigenvalue weighted by Crippen LogP contribution is 2.40. The van der Waals surface area contributed by atoms with Crippen LogP contribution in [0.1, 0.15) is 34.7 Å². The molecule has 0 N–H and O–H groups in total. The van der Waals surface area contributed by atoms with E-state index in [-0.39, 0.29) is 6.04 Å². The van der Waals surface area contributed by atoms with Gasteiger partial charge in [-0.1, -0.05) is 100 Å². The summed E-state index contributed by atoms with van der Waals surface area (Å²) in [6.07, 6.45) is 0.797. The minimum absolute atomic E-state index is 0.0498. The number of nitrogens with zero attached hydrogens (tertiary/aromatic N) is 3. The molecule has 4 aromatic carbocycles. The highest BCUT2D eigenvalue weighted by Gasteiger charge is 2.32. The molecule has 38 heavy (non-hydrogen) atoms. The van der Waals surface area contributed by atoms with Crippen LogP contribution in [-0.2, 0) is 6.61 Å². The third-order valence-corrected chi connectivity index (χ3v) is 8.00. The summed E-state index contributed by atoms with van der Waals surface area (Å²) in [7, 11) is 0. The van der Waals surface area contributed by atoms with Crippen molar-refractivity contribution in [3.8, 4) is 17.0 Å². The fourth-order valence-corrected chi connectivity index (χ4v) is 5.61. The lowest BCUT2D eigenvalue weighted by atomic mass is 9.98. The largest absolute Gasteiger partial charge is 0.489 e. The van der Waals surface area contributed by atoms with Crippen molar-refractivity contribution < 1.29 is 4.74 Å². The predicted octanol–water partition coefficient (Wildman–Crippen LogP) is 8.82. The summed E-state index contributed by atoms with van der Waals surface area (Å²) in [6, 6.07) is 35.5. The lowest BCUT2D eigenvalue weighted by Gasteiger charge is -2.21. The molecule has 0 saturated heterocycles. The first-order valence-corrected chi connectivity index (χ1v) is 14.2. The van der Waals surface area contributed by atoms with Crippen molar-refractivity contribution in [1.29, 1.82) is 0 Å². The van der Waals surface area contributed by atoms with Gasteiger partial charge in [-0.15, -0.1) is 11.3 Å². The molecule has 188 valence electrons. The molecular weight excluding hydrogens is 554 g/mol. The number of hydrogen-bond donors (Lipinski definition) is 0. The van der Waals surface area contributed by atoms with Crippen LogP contribution < -0.4 is 9.75 Å². The van der Waals surface area contributed by atoms with Crippen molar-refractivity contribution in [1.82, 2.24) is 4.98 Å². The topological polar surface area (TPSA) is 37.7 Å². The van der Waals surface area contributed by atoms with Crippen LogP contribution in [-0.4, -0.2) is 10.7 Å². The zero-order valence-electron chi connectivity index (χ0n) is 20.9. The van der Waals surface area contributed by atoms with Crippen LogP contribution in [0.4, 0.5) is 5.13 Å². The number of halogens is 1. The number of anilines is 1. The van der Waals surface area contributed by atoms with E-state index < -0.39 is 0 Å². The van der Waals surface area contributed by atoms with Crippen molar-refractivity contribution in [3.63, 3.8) is 0 Å². The van der Waals surface area contributed by atoms with E-state index in [0.717, 1.165) is 49.9 Å². The number of ether oxygens (including phenoxy) is 1. The molecule has 0 radical (unpaired) electrons. The van der Waals surface area contributed by atoms with Crippen LogP contribution in [0.2, 0.25) is 0 Å². The van der Waals surface area contributed by atoms with Crippen molar-refractivity contribution in [2.45, 2.75) is 26.0 Å². The molecule has 0 fully saturated rings. The number of hydrazone groups is 1. The summed E-state index contributed by atoms with van der Waals surface area (Å²) < 4.78 is 7.08. The fourth-order valence-electron chi connectivity index (χ4n) is 4.52. The molecule has 6 rings (SSSR count). The van der Waals surface area contributed by atoms with Gasteiger partial charge < -0.3 is 4.74 Å². The Morgan fingerprint density at radius 2 is 1.58 bits per heavy atom. The fraction of sp³-hybridized carbons (Fsp3) is 0.125. The Hall–Kier alpha value is -3.74. The van der Waals surface area contributed by atoms with Gasteiger partial charge in [-0.25, -0.2) is 9.99 Å². The van der Waals surface area contributed by atoms with E-state index in [0.29, 0.717) is 6.61 Å². The zero-order chi connectivity index (χ0) is 25.9. The number of rotatable bonds is 7. The Morgan fingerprint density at radius 3 is 2.32 bits per heavy atom. The molecule has 1 aromatic heterocycles. The van der Waals surface area contributed by atoms with Crippen molar-refractivity contribution in [2.75, 3.05) is 5.01 Å². The Balaban J connectivity index is 1.27. The van der Waals surface area contributed by atoms with Gasteiger partial charge in [0, 0.05) is 21.8 Å². The molecule has 1 aliphatic heterocycles. The molecule has 1 aliphatic rings. The number of benzene rings is 4. The number of hydrogen-bond acceptors (Lipinski definition) is 5. The lowest BCUT2D eigenvalue weighted by Crippen LogP contribution is -2.18. The second-order valence-electron chi connectivity index (χ2n) is 9.34. The SMILES string of the molecule is Cc1ccc(-c2csc(N3N=C(c4ccc(Br)cc4)CC3c3ccc(OCc4ccccc4)cc3)n2)cc1. The van der Waals surface area contributed by atoms with Gasteiger partial charge in [0.05, 0.1) is 17.4 Å². The summed E-state index contributed by atoms with van der Waals surface area (Å²) in [6.45, 7) is 2.65. The van der Waals surface area contributed by atoms with Gasteiger partial charge >= 0.3 is 0 Å². The van der Waals surface area contributed by atoms with Gasteiger partial charge in [-0.05, 0) is 47.9 Å². The van der Waals surface area contributed by atoms with Crippen molar-refractivity contribution >= 4 is 38.1 Å². The highest BCUT2D eigenvalue weighted by atomic mass is 79.9. The molecule has 0 spiro atoms. The summed E-state index contributed by atoms with van der Waals surface area (Å²) >= 11 is 5.17. The smallest absolute Gasteiger partial charge is 0.207 e. The van der Waals surface area contributed by atoms with Gasteiger partial charge in [-0.3, -0.25) is 0 Å². The molecule has 0 bridgehead atoms. The van der Waals surface area contributed by atoms with E-state index in [1.807, 2.05) is 30.3 Å². The maximum absolute atomic E-state index is 6.03. The maximum atomic E-state index is 6.03. The molecule has 0 amide bonds. The molecular formula is C32H26BrN3OS. The average Bonchev–Trinajstić information content (AvgIpc) is 3.62. The van der Waals surface area contributed by atoms with Gasteiger partial charge in [0.2, 0.25) is 5.13 Å². The Morgan fingerprint density at radius 1 is 0.868 bits per heavy atom. The van der Waals surface area contributed by atoms with E-state index in [1.165, 1.54) is 11.1 Å². The van der Waals surface area contributed by atoms with E-state index in [1.54, 1.807) is 11.3 Å². The summed E-state index contributed by atoms with van der Waals surface area (Å²) in [4.78, 5) is 5.00. The second-order valence-corrected chi connectivity index (χ2v) is 11.1. The monoisotopic (exact) mass is 579 g/mol. The standard InChI is InChI=1S/C32H26BrN3OS/c1-22-7-9-25(10-8-22)30-21-38-32(34-30)36-31(19-29(35-36)24-11-15-27(33)16-12-24)26-13-17-28(18-14-26)37-20-23-5-3-2-4-6-23/h2-18,21,31H,19-20H2,1H3. The lowest BCUT2D eigenvalue weighted by molar-refractivity contribution is 0.306. The first-order valence-electron chi connectivity index (χ1n) is 12.5. The maximum Gasteiger partial charge on any atom is 0.207 e. The number of thiazole rings is 1. The first-order chi connectivity index (χ1) is 18.6. The van der Waals surface area contributed by atoms with Crippen molar-refractivity contribution in [2.24, 2.45) is 5.10 Å². The molecule has 0 aliphatic carbocycles. The number of aryl methyl sites for hydroxylation is 1. The molecule has 1 unspecified atom stereocenters. The Bertz CT molecular complexity index is 1550. The molecule has 5 aromatic rings. The third-order valence-electron chi connectivity index (χ3n) is 6.64. The van der Waals surface area contributed by atoms with Crippen LogP contribution >= 0.6 is 27.3 Å². The van der Waals surface area contributed by atoms with Crippen LogP contribution in [0.25, 0.3) is 11.3 Å². The third kappa shape index (κ3) is 5.42. The van der Waals surface area contributed by atoms with Gasteiger partial charge in [-0.2, -0.15) is 5.10 Å². The van der Waals surface area contributed by atoms with Crippen LogP contribution in [0, 0.1) is 6.92 Å². The normalized spacial score (nSPS) is 14.9. The van der Waals surface area contributed by atoms with Crippen LogP contribution in [0.15, 0.2) is 118 Å². The highest BCUT2D eigenvalue weighted by molar-refractivity contribution is 9.10. The Kier molecular flexibility index (Phi) is 7.08. The van der Waals surface area contributed by atoms with Gasteiger partial charge in [0.1, 0.15) is 12.4 Å².